The first kappa shape index (κ1) is 19.5. The van der Waals surface area contributed by atoms with Gasteiger partial charge in [0.2, 0.25) is 10.0 Å². The minimum atomic E-state index is -4.63. The van der Waals surface area contributed by atoms with Crippen molar-refractivity contribution in [2.45, 2.75) is 30.3 Å². The lowest BCUT2D eigenvalue weighted by molar-refractivity contribution is -0.141. The SMILES string of the molecule is Cc1c(Cl)c(C(F)(F)F)nn1CCCNS(=O)(=O)c1ccc(Cl)s1. The second-order valence-electron chi connectivity index (χ2n) is 4.78. The molecule has 0 aliphatic rings. The van der Waals surface area contributed by atoms with Gasteiger partial charge in [0.25, 0.3) is 0 Å². The summed E-state index contributed by atoms with van der Waals surface area (Å²) >= 11 is 12.2. The Labute approximate surface area is 150 Å². The molecule has 24 heavy (non-hydrogen) atoms. The highest BCUT2D eigenvalue weighted by molar-refractivity contribution is 7.91. The Kier molecular flexibility index (Phi) is 5.86. The van der Waals surface area contributed by atoms with Crippen LogP contribution in [0, 0.1) is 6.92 Å². The first-order valence-corrected chi connectivity index (χ1v) is 9.63. The molecule has 2 heterocycles. The lowest BCUT2D eigenvalue weighted by Gasteiger charge is -2.06. The van der Waals surface area contributed by atoms with Crippen molar-refractivity contribution < 1.29 is 21.6 Å². The summed E-state index contributed by atoms with van der Waals surface area (Å²) < 4.78 is 66.0. The van der Waals surface area contributed by atoms with Gasteiger partial charge < -0.3 is 0 Å². The van der Waals surface area contributed by atoms with Crippen molar-refractivity contribution in [3.05, 3.63) is 32.9 Å². The van der Waals surface area contributed by atoms with Crippen molar-refractivity contribution >= 4 is 44.6 Å². The zero-order valence-corrected chi connectivity index (χ0v) is 15.3. The van der Waals surface area contributed by atoms with Gasteiger partial charge in [-0.3, -0.25) is 4.68 Å². The molecule has 0 saturated heterocycles. The number of hydrogen-bond donors (Lipinski definition) is 1. The summed E-state index contributed by atoms with van der Waals surface area (Å²) in [5, 5.41) is 3.00. The van der Waals surface area contributed by atoms with Gasteiger partial charge in [-0.2, -0.15) is 18.3 Å². The van der Waals surface area contributed by atoms with E-state index in [0.717, 1.165) is 16.0 Å². The maximum atomic E-state index is 12.7. The van der Waals surface area contributed by atoms with E-state index in [-0.39, 0.29) is 29.4 Å². The van der Waals surface area contributed by atoms with Crippen LogP contribution in [0.25, 0.3) is 0 Å². The first-order chi connectivity index (χ1) is 11.0. The van der Waals surface area contributed by atoms with E-state index in [1.165, 1.54) is 19.1 Å². The Morgan fingerprint density at radius 2 is 2.00 bits per heavy atom. The summed E-state index contributed by atoms with van der Waals surface area (Å²) in [5.74, 6) is 0. The van der Waals surface area contributed by atoms with Gasteiger partial charge in [0, 0.05) is 13.1 Å². The second-order valence-corrected chi connectivity index (χ2v) is 8.87. The lowest BCUT2D eigenvalue weighted by atomic mass is 10.3. The molecule has 0 aliphatic carbocycles. The van der Waals surface area contributed by atoms with Crippen molar-refractivity contribution in [2.75, 3.05) is 6.54 Å². The standard InChI is InChI=1S/C12H12Cl2F3N3O2S2/c1-7-10(14)11(12(15,16)17)19-20(7)6-2-5-18-24(21,22)9-4-3-8(13)23-9/h3-4,18H,2,5-6H2,1H3. The highest BCUT2D eigenvalue weighted by atomic mass is 35.5. The fraction of sp³-hybridized carbons (Fsp3) is 0.417. The molecule has 2 aromatic rings. The molecule has 0 aliphatic heterocycles. The summed E-state index contributed by atoms with van der Waals surface area (Å²) in [7, 11) is -3.68. The minimum absolute atomic E-state index is 0.0378. The molecular weight excluding hydrogens is 410 g/mol. The molecule has 134 valence electrons. The predicted molar refractivity (Wildman–Crippen MR) is 86.1 cm³/mol. The summed E-state index contributed by atoms with van der Waals surface area (Å²) in [4.78, 5) is 0. The van der Waals surface area contributed by atoms with Crippen molar-refractivity contribution in [2.24, 2.45) is 0 Å². The quantitative estimate of drug-likeness (QED) is 0.718. The number of sulfonamides is 1. The number of rotatable bonds is 6. The largest absolute Gasteiger partial charge is 0.436 e. The second kappa shape index (κ2) is 7.20. The fourth-order valence-corrected chi connectivity index (χ4v) is 4.72. The summed E-state index contributed by atoms with van der Waals surface area (Å²) in [6.45, 7) is 1.55. The third-order valence-corrected chi connectivity index (χ3v) is 6.69. The first-order valence-electron chi connectivity index (χ1n) is 6.57. The molecule has 0 spiro atoms. The zero-order valence-electron chi connectivity index (χ0n) is 12.2. The van der Waals surface area contributed by atoms with E-state index >= 15 is 0 Å². The van der Waals surface area contributed by atoms with Gasteiger partial charge >= 0.3 is 6.18 Å². The average Bonchev–Trinajstić information content (AvgIpc) is 3.02. The molecule has 0 amide bonds. The maximum Gasteiger partial charge on any atom is 0.436 e. The monoisotopic (exact) mass is 421 g/mol. The van der Waals surface area contributed by atoms with Crippen molar-refractivity contribution in [1.29, 1.82) is 0 Å². The topological polar surface area (TPSA) is 64.0 Å². The number of nitrogens with zero attached hydrogens (tertiary/aromatic N) is 2. The fourth-order valence-electron chi connectivity index (χ4n) is 1.87. The Balaban J connectivity index is 1.96. The van der Waals surface area contributed by atoms with E-state index in [1.54, 1.807) is 0 Å². The number of aryl methyl sites for hydroxylation is 1. The molecule has 0 atom stereocenters. The molecule has 0 unspecified atom stereocenters. The lowest BCUT2D eigenvalue weighted by Crippen LogP contribution is -2.25. The normalized spacial score (nSPS) is 12.8. The van der Waals surface area contributed by atoms with Gasteiger partial charge in [-0.05, 0) is 25.5 Å². The molecule has 0 saturated carbocycles. The van der Waals surface area contributed by atoms with E-state index in [2.05, 4.69) is 9.82 Å². The molecular formula is C12H12Cl2F3N3O2S2. The smallest absolute Gasteiger partial charge is 0.268 e. The van der Waals surface area contributed by atoms with Crippen LogP contribution in [0.15, 0.2) is 16.3 Å². The highest BCUT2D eigenvalue weighted by Crippen LogP contribution is 2.35. The number of thiophene rings is 1. The number of alkyl halides is 3. The molecule has 0 radical (unpaired) electrons. The molecule has 2 rings (SSSR count). The van der Waals surface area contributed by atoms with Gasteiger partial charge in [-0.1, -0.05) is 23.2 Å². The molecule has 5 nitrogen and oxygen atoms in total. The Morgan fingerprint density at radius 3 is 2.50 bits per heavy atom. The zero-order chi connectivity index (χ0) is 18.1. The average molecular weight is 422 g/mol. The van der Waals surface area contributed by atoms with Crippen LogP contribution < -0.4 is 4.72 Å². The summed E-state index contributed by atoms with van der Waals surface area (Å²) in [5.41, 5.74) is -0.965. The van der Waals surface area contributed by atoms with Crippen molar-refractivity contribution in [1.82, 2.24) is 14.5 Å². The molecule has 0 fully saturated rings. The highest BCUT2D eigenvalue weighted by Gasteiger charge is 2.38. The summed E-state index contributed by atoms with van der Waals surface area (Å²) in [6, 6.07) is 2.84. The van der Waals surface area contributed by atoms with Gasteiger partial charge in [-0.15, -0.1) is 11.3 Å². The van der Waals surface area contributed by atoms with Crippen LogP contribution in [0.3, 0.4) is 0 Å². The molecule has 1 N–H and O–H groups in total. The van der Waals surface area contributed by atoms with Crippen LogP contribution >= 0.6 is 34.5 Å². The van der Waals surface area contributed by atoms with Crippen LogP contribution in [0.1, 0.15) is 17.8 Å². The number of aromatic nitrogens is 2. The molecule has 0 aromatic carbocycles. The molecule has 12 heteroatoms. The van der Waals surface area contributed by atoms with Crippen LogP contribution in [0.2, 0.25) is 9.36 Å². The minimum Gasteiger partial charge on any atom is -0.268 e. The Morgan fingerprint density at radius 1 is 1.33 bits per heavy atom. The van der Waals surface area contributed by atoms with Crippen molar-refractivity contribution in [3.8, 4) is 0 Å². The van der Waals surface area contributed by atoms with Crippen LogP contribution in [-0.4, -0.2) is 24.7 Å². The van der Waals surface area contributed by atoms with Crippen LogP contribution in [0.5, 0.6) is 0 Å². The molecule has 2 aromatic heterocycles. The number of halogens is 5. The van der Waals surface area contributed by atoms with E-state index in [9.17, 15) is 21.6 Å². The van der Waals surface area contributed by atoms with Crippen molar-refractivity contribution in [3.63, 3.8) is 0 Å². The van der Waals surface area contributed by atoms with Gasteiger partial charge in [0.15, 0.2) is 5.69 Å². The van der Waals surface area contributed by atoms with Crippen LogP contribution in [0.4, 0.5) is 13.2 Å². The third-order valence-electron chi connectivity index (χ3n) is 3.05. The number of nitrogens with one attached hydrogen (secondary N) is 1. The van der Waals surface area contributed by atoms with E-state index in [1.807, 2.05) is 0 Å². The molecule has 0 bridgehead atoms. The van der Waals surface area contributed by atoms with Gasteiger partial charge in [0.1, 0.15) is 4.21 Å². The van der Waals surface area contributed by atoms with E-state index in [4.69, 9.17) is 23.2 Å². The van der Waals surface area contributed by atoms with E-state index in [0.29, 0.717) is 4.34 Å². The van der Waals surface area contributed by atoms with Crippen LogP contribution in [-0.2, 0) is 22.7 Å². The Hall–Kier alpha value is -0.810. The summed E-state index contributed by atoms with van der Waals surface area (Å²) in [6.07, 6.45) is -4.39. The third kappa shape index (κ3) is 4.42. The Bertz CT molecular complexity index is 831. The maximum absolute atomic E-state index is 12.7. The predicted octanol–water partition coefficient (Wildman–Crippen LogP) is 3.95. The van der Waals surface area contributed by atoms with Gasteiger partial charge in [-0.25, -0.2) is 13.1 Å². The van der Waals surface area contributed by atoms with E-state index < -0.39 is 26.9 Å². The number of hydrogen-bond acceptors (Lipinski definition) is 4. The van der Waals surface area contributed by atoms with Gasteiger partial charge in [0.05, 0.1) is 15.1 Å².